The first-order valence-electron chi connectivity index (χ1n) is 6.27. The highest BCUT2D eigenvalue weighted by Crippen LogP contribution is 2.53. The van der Waals surface area contributed by atoms with Crippen LogP contribution in [0.2, 0.25) is 0 Å². The number of nitrogens with zero attached hydrogens (tertiary/aromatic N) is 2. The van der Waals surface area contributed by atoms with Gasteiger partial charge in [0, 0.05) is 6.54 Å². The fourth-order valence-corrected chi connectivity index (χ4v) is 3.34. The molecule has 0 saturated carbocycles. The minimum atomic E-state index is -3.64. The topological polar surface area (TPSA) is 62.6 Å². The molecule has 1 atom stereocenters. The van der Waals surface area contributed by atoms with Gasteiger partial charge >= 0.3 is 7.75 Å². The Labute approximate surface area is 131 Å². The molecule has 20 heavy (non-hydrogen) atoms. The molecule has 1 unspecified atom stereocenters. The first kappa shape index (κ1) is 19.8. The summed E-state index contributed by atoms with van der Waals surface area (Å²) in [5, 5.41) is 8.88. The molecule has 0 aliphatic carbocycles. The number of nitriles is 1. The SMILES string of the molecule is CC(C)COP(=O)(OC=C(Cl)Cl)N(CC#N)CC(C)C. The second-order valence-electron chi connectivity index (χ2n) is 5.07. The van der Waals surface area contributed by atoms with Crippen molar-refractivity contribution in [2.24, 2.45) is 11.8 Å². The molecule has 0 aliphatic rings. The van der Waals surface area contributed by atoms with Crippen LogP contribution in [0.3, 0.4) is 0 Å². The zero-order chi connectivity index (χ0) is 15.8. The number of rotatable bonds is 9. The number of hydrogen-bond acceptors (Lipinski definition) is 4. The second kappa shape index (κ2) is 9.65. The second-order valence-corrected chi connectivity index (χ2v) is 8.05. The molecule has 0 aromatic rings. The van der Waals surface area contributed by atoms with Gasteiger partial charge in [-0.1, -0.05) is 50.9 Å². The van der Waals surface area contributed by atoms with Gasteiger partial charge in [0.2, 0.25) is 0 Å². The third-order valence-corrected chi connectivity index (χ3v) is 4.04. The van der Waals surface area contributed by atoms with E-state index in [1.54, 1.807) is 0 Å². The number of hydrogen-bond donors (Lipinski definition) is 0. The smallest absolute Gasteiger partial charge is 0.418 e. The highest BCUT2D eigenvalue weighted by molar-refractivity contribution is 7.51. The lowest BCUT2D eigenvalue weighted by molar-refractivity contribution is 0.174. The van der Waals surface area contributed by atoms with Crippen molar-refractivity contribution in [2.45, 2.75) is 27.7 Å². The first-order chi connectivity index (χ1) is 9.21. The molecule has 0 aromatic carbocycles. The van der Waals surface area contributed by atoms with E-state index in [-0.39, 0.29) is 29.5 Å². The van der Waals surface area contributed by atoms with Gasteiger partial charge in [-0.15, -0.1) is 0 Å². The molecule has 8 heteroatoms. The monoisotopic (exact) mass is 342 g/mol. The van der Waals surface area contributed by atoms with Crippen molar-refractivity contribution in [1.29, 1.82) is 5.26 Å². The molecule has 0 heterocycles. The fourth-order valence-electron chi connectivity index (χ4n) is 1.28. The predicted molar refractivity (Wildman–Crippen MR) is 81.3 cm³/mol. The molecule has 0 spiro atoms. The van der Waals surface area contributed by atoms with Crippen LogP contribution in [0.15, 0.2) is 10.8 Å². The van der Waals surface area contributed by atoms with E-state index in [2.05, 4.69) is 0 Å². The summed E-state index contributed by atoms with van der Waals surface area (Å²) >= 11 is 11.0. The van der Waals surface area contributed by atoms with Crippen molar-refractivity contribution in [3.05, 3.63) is 10.8 Å². The molecule has 0 amide bonds. The summed E-state index contributed by atoms with van der Waals surface area (Å²) in [4.78, 5) is 0. The van der Waals surface area contributed by atoms with Gasteiger partial charge in [-0.25, -0.2) is 4.57 Å². The van der Waals surface area contributed by atoms with Gasteiger partial charge in [-0.05, 0) is 11.8 Å². The largest absolute Gasteiger partial charge is 0.461 e. The van der Waals surface area contributed by atoms with E-state index in [0.717, 1.165) is 6.26 Å². The fraction of sp³-hybridized carbons (Fsp3) is 0.750. The van der Waals surface area contributed by atoms with Crippen LogP contribution in [0, 0.1) is 23.2 Å². The Balaban J connectivity index is 5.16. The Morgan fingerprint density at radius 2 is 1.95 bits per heavy atom. The molecule has 0 fully saturated rings. The van der Waals surface area contributed by atoms with Gasteiger partial charge in [0.05, 0.1) is 19.2 Å². The van der Waals surface area contributed by atoms with Crippen molar-refractivity contribution in [3.8, 4) is 6.07 Å². The Bertz CT molecular complexity index is 404. The van der Waals surface area contributed by atoms with E-state index in [9.17, 15) is 4.57 Å². The van der Waals surface area contributed by atoms with Gasteiger partial charge in [0.15, 0.2) is 0 Å². The van der Waals surface area contributed by atoms with Crippen molar-refractivity contribution < 1.29 is 13.6 Å². The van der Waals surface area contributed by atoms with Gasteiger partial charge in [-0.2, -0.15) is 9.93 Å². The quantitative estimate of drug-likeness (QED) is 0.349. The van der Waals surface area contributed by atoms with Crippen LogP contribution < -0.4 is 0 Å². The maximum atomic E-state index is 12.8. The van der Waals surface area contributed by atoms with Crippen molar-refractivity contribution in [1.82, 2.24) is 4.67 Å². The maximum Gasteiger partial charge on any atom is 0.461 e. The molecule has 0 bridgehead atoms. The van der Waals surface area contributed by atoms with E-state index >= 15 is 0 Å². The zero-order valence-corrected chi connectivity index (χ0v) is 14.6. The van der Waals surface area contributed by atoms with Crippen molar-refractivity contribution in [3.63, 3.8) is 0 Å². The van der Waals surface area contributed by atoms with Crippen molar-refractivity contribution in [2.75, 3.05) is 19.7 Å². The molecular formula is C12H21Cl2N2O3P. The summed E-state index contributed by atoms with van der Waals surface area (Å²) in [5.41, 5.74) is 0. The molecule has 5 nitrogen and oxygen atoms in total. The van der Waals surface area contributed by atoms with Crippen LogP contribution >= 0.6 is 30.9 Å². The molecule has 0 radical (unpaired) electrons. The molecule has 0 saturated heterocycles. The van der Waals surface area contributed by atoms with E-state index in [1.807, 2.05) is 33.8 Å². The Kier molecular flexibility index (Phi) is 9.54. The van der Waals surface area contributed by atoms with Crippen LogP contribution in [0.25, 0.3) is 0 Å². The lowest BCUT2D eigenvalue weighted by Crippen LogP contribution is -2.27. The van der Waals surface area contributed by atoms with Crippen LogP contribution in [0.1, 0.15) is 27.7 Å². The van der Waals surface area contributed by atoms with Crippen LogP contribution in [0.4, 0.5) is 0 Å². The van der Waals surface area contributed by atoms with Crippen LogP contribution in [-0.4, -0.2) is 24.4 Å². The standard InChI is InChI=1S/C12H21Cl2N2O3P/c1-10(2)7-16(6-5-15)20(17,18-8-11(3)4)19-9-12(13)14/h9-11H,6-8H2,1-4H3. The van der Waals surface area contributed by atoms with E-state index in [1.165, 1.54) is 4.67 Å². The molecule has 0 N–H and O–H groups in total. The average Bonchev–Trinajstić information content (AvgIpc) is 2.33. The molecule has 0 rings (SSSR count). The molecule has 0 aromatic heterocycles. The van der Waals surface area contributed by atoms with Crippen molar-refractivity contribution >= 4 is 30.9 Å². The summed E-state index contributed by atoms with van der Waals surface area (Å²) in [6.45, 7) is 8.31. The summed E-state index contributed by atoms with van der Waals surface area (Å²) in [7, 11) is -3.64. The zero-order valence-electron chi connectivity index (χ0n) is 12.2. The minimum Gasteiger partial charge on any atom is -0.418 e. The van der Waals surface area contributed by atoms with Crippen LogP contribution in [-0.2, 0) is 13.6 Å². The lowest BCUT2D eigenvalue weighted by atomic mass is 10.2. The van der Waals surface area contributed by atoms with Crippen LogP contribution in [0.5, 0.6) is 0 Å². The molecule has 0 aliphatic heterocycles. The first-order valence-corrected chi connectivity index (χ1v) is 8.53. The predicted octanol–water partition coefficient (Wildman–Crippen LogP) is 4.54. The highest BCUT2D eigenvalue weighted by atomic mass is 35.5. The number of halogens is 2. The van der Waals surface area contributed by atoms with E-state index < -0.39 is 7.75 Å². The van der Waals surface area contributed by atoms with Gasteiger partial charge in [0.25, 0.3) is 0 Å². The van der Waals surface area contributed by atoms with E-state index in [0.29, 0.717) is 6.54 Å². The van der Waals surface area contributed by atoms with E-state index in [4.69, 9.17) is 37.5 Å². The van der Waals surface area contributed by atoms with Gasteiger partial charge in [0.1, 0.15) is 10.8 Å². The lowest BCUT2D eigenvalue weighted by Gasteiger charge is -2.29. The summed E-state index contributed by atoms with van der Waals surface area (Å²) in [6, 6.07) is 1.96. The maximum absolute atomic E-state index is 12.8. The average molecular weight is 343 g/mol. The summed E-state index contributed by atoms with van der Waals surface area (Å²) in [6.07, 6.45) is 0.967. The van der Waals surface area contributed by atoms with Gasteiger partial charge < -0.3 is 4.52 Å². The minimum absolute atomic E-state index is 0.0682. The third-order valence-electron chi connectivity index (χ3n) is 2.02. The molecular weight excluding hydrogens is 322 g/mol. The Morgan fingerprint density at radius 3 is 2.35 bits per heavy atom. The Hall–Kier alpha value is -0.240. The summed E-state index contributed by atoms with van der Waals surface area (Å²) < 4.78 is 24.6. The molecule has 116 valence electrons. The normalized spacial score (nSPS) is 14.2. The summed E-state index contributed by atoms with van der Waals surface area (Å²) in [5.74, 6) is 0.365. The highest BCUT2D eigenvalue weighted by Gasteiger charge is 2.35. The third kappa shape index (κ3) is 8.14. The van der Waals surface area contributed by atoms with Gasteiger partial charge in [-0.3, -0.25) is 4.52 Å². The Morgan fingerprint density at radius 1 is 1.35 bits per heavy atom.